The number of carbonyl (C=O) groups is 2. The average Bonchev–Trinajstić information content (AvgIpc) is 2.44. The van der Waals surface area contributed by atoms with Gasteiger partial charge in [0.15, 0.2) is 0 Å². The van der Waals surface area contributed by atoms with Crippen LogP contribution in [-0.2, 0) is 16.1 Å². The number of carboxylic acid groups (broad SMARTS) is 1. The van der Waals surface area contributed by atoms with E-state index in [0.29, 0.717) is 18.4 Å². The minimum atomic E-state index is -0.939. The highest BCUT2D eigenvalue weighted by Gasteiger charge is 2.46. The van der Waals surface area contributed by atoms with Crippen LogP contribution in [-0.4, -0.2) is 28.4 Å². The first kappa shape index (κ1) is 16.2. The third-order valence-corrected chi connectivity index (χ3v) is 4.28. The third kappa shape index (κ3) is 3.35. The lowest BCUT2D eigenvalue weighted by molar-refractivity contribution is -0.159. The van der Waals surface area contributed by atoms with Crippen molar-refractivity contribution < 1.29 is 19.1 Å². The van der Waals surface area contributed by atoms with Crippen molar-refractivity contribution in [2.75, 3.05) is 6.54 Å². The predicted octanol–water partition coefficient (Wildman–Crippen LogP) is 2.99. The van der Waals surface area contributed by atoms with Crippen LogP contribution in [0.2, 0.25) is 0 Å². The van der Waals surface area contributed by atoms with Gasteiger partial charge in [-0.15, -0.1) is 6.58 Å². The molecule has 2 rings (SSSR count). The molecule has 1 aromatic rings. The average molecular weight is 305 g/mol. The first-order valence-electron chi connectivity index (χ1n) is 7.34. The molecule has 0 radical (unpaired) electrons. The fourth-order valence-electron chi connectivity index (χ4n) is 2.71. The number of hydrogen-bond donors (Lipinski definition) is 1. The van der Waals surface area contributed by atoms with Gasteiger partial charge >= 0.3 is 5.97 Å². The summed E-state index contributed by atoms with van der Waals surface area (Å²) in [7, 11) is 0. The van der Waals surface area contributed by atoms with E-state index in [-0.39, 0.29) is 31.2 Å². The second kappa shape index (κ2) is 6.73. The Morgan fingerprint density at radius 2 is 2.05 bits per heavy atom. The summed E-state index contributed by atoms with van der Waals surface area (Å²) < 4.78 is 13.7. The summed E-state index contributed by atoms with van der Waals surface area (Å²) in [5.74, 6) is -1.57. The van der Waals surface area contributed by atoms with Crippen molar-refractivity contribution in [1.29, 1.82) is 0 Å². The molecule has 5 heteroatoms. The van der Waals surface area contributed by atoms with E-state index in [9.17, 15) is 19.1 Å². The number of nitrogens with zero attached hydrogens (tertiary/aromatic N) is 1. The SMILES string of the molecule is C=CCN(Cc1ccccc1F)C(=O)CC1(C(=O)O)CCC1. The van der Waals surface area contributed by atoms with Crippen molar-refractivity contribution in [3.8, 4) is 0 Å². The van der Waals surface area contributed by atoms with Gasteiger partial charge in [0, 0.05) is 25.1 Å². The minimum absolute atomic E-state index is 0.0371. The summed E-state index contributed by atoms with van der Waals surface area (Å²) in [6.07, 6.45) is 3.40. The summed E-state index contributed by atoms with van der Waals surface area (Å²) in [5.41, 5.74) is -0.526. The quantitative estimate of drug-likeness (QED) is 0.788. The molecule has 0 aromatic heterocycles. The lowest BCUT2D eigenvalue weighted by atomic mass is 9.66. The first-order chi connectivity index (χ1) is 10.5. The molecule has 0 bridgehead atoms. The molecular formula is C17H20FNO3. The zero-order valence-electron chi connectivity index (χ0n) is 12.4. The van der Waals surface area contributed by atoms with Gasteiger partial charge < -0.3 is 10.0 Å². The van der Waals surface area contributed by atoms with Gasteiger partial charge in [-0.2, -0.15) is 0 Å². The molecule has 1 saturated carbocycles. The van der Waals surface area contributed by atoms with Crippen molar-refractivity contribution in [2.24, 2.45) is 5.41 Å². The molecular weight excluding hydrogens is 285 g/mol. The molecule has 22 heavy (non-hydrogen) atoms. The summed E-state index contributed by atoms with van der Waals surface area (Å²) in [4.78, 5) is 25.3. The van der Waals surface area contributed by atoms with E-state index in [1.54, 1.807) is 24.3 Å². The fourth-order valence-corrected chi connectivity index (χ4v) is 2.71. The maximum absolute atomic E-state index is 13.7. The maximum atomic E-state index is 13.7. The van der Waals surface area contributed by atoms with Crippen LogP contribution < -0.4 is 0 Å². The Morgan fingerprint density at radius 3 is 2.55 bits per heavy atom. The molecule has 0 aliphatic heterocycles. The van der Waals surface area contributed by atoms with Crippen molar-refractivity contribution in [3.63, 3.8) is 0 Å². The van der Waals surface area contributed by atoms with E-state index in [4.69, 9.17) is 0 Å². The lowest BCUT2D eigenvalue weighted by Crippen LogP contribution is -2.43. The Hall–Kier alpha value is -2.17. The fraction of sp³-hybridized carbons (Fsp3) is 0.412. The van der Waals surface area contributed by atoms with Crippen LogP contribution in [0.1, 0.15) is 31.2 Å². The predicted molar refractivity (Wildman–Crippen MR) is 80.6 cm³/mol. The largest absolute Gasteiger partial charge is 0.481 e. The van der Waals surface area contributed by atoms with Gasteiger partial charge in [0.1, 0.15) is 5.82 Å². The molecule has 1 aliphatic carbocycles. The van der Waals surface area contributed by atoms with Crippen LogP contribution in [0.15, 0.2) is 36.9 Å². The zero-order chi connectivity index (χ0) is 16.2. The molecule has 1 amide bonds. The normalized spacial score (nSPS) is 15.7. The van der Waals surface area contributed by atoms with Crippen LogP contribution in [0, 0.1) is 11.2 Å². The molecule has 0 atom stereocenters. The Balaban J connectivity index is 2.10. The molecule has 0 unspecified atom stereocenters. The van der Waals surface area contributed by atoms with Crippen LogP contribution >= 0.6 is 0 Å². The lowest BCUT2D eigenvalue weighted by Gasteiger charge is -2.38. The van der Waals surface area contributed by atoms with Gasteiger partial charge in [0.2, 0.25) is 5.91 Å². The third-order valence-electron chi connectivity index (χ3n) is 4.28. The first-order valence-corrected chi connectivity index (χ1v) is 7.34. The number of halogens is 1. The van der Waals surface area contributed by atoms with Gasteiger partial charge in [-0.25, -0.2) is 4.39 Å². The van der Waals surface area contributed by atoms with Crippen molar-refractivity contribution in [1.82, 2.24) is 4.90 Å². The number of hydrogen-bond acceptors (Lipinski definition) is 2. The van der Waals surface area contributed by atoms with E-state index in [2.05, 4.69) is 6.58 Å². The molecule has 1 N–H and O–H groups in total. The highest BCUT2D eigenvalue weighted by atomic mass is 19.1. The molecule has 118 valence electrons. The summed E-state index contributed by atoms with van der Waals surface area (Å²) >= 11 is 0. The van der Waals surface area contributed by atoms with E-state index >= 15 is 0 Å². The Labute approximate surface area is 129 Å². The van der Waals surface area contributed by atoms with E-state index in [1.165, 1.54) is 11.0 Å². The minimum Gasteiger partial charge on any atom is -0.481 e. The number of rotatable bonds is 7. The van der Waals surface area contributed by atoms with Crippen molar-refractivity contribution >= 4 is 11.9 Å². The Kier molecular flexibility index (Phi) is 4.96. The van der Waals surface area contributed by atoms with Crippen LogP contribution in [0.5, 0.6) is 0 Å². The molecule has 1 aromatic carbocycles. The highest BCUT2D eigenvalue weighted by Crippen LogP contribution is 2.44. The summed E-state index contributed by atoms with van der Waals surface area (Å²) in [6, 6.07) is 6.26. The summed E-state index contributed by atoms with van der Waals surface area (Å²) in [5, 5.41) is 9.33. The smallest absolute Gasteiger partial charge is 0.310 e. The second-order valence-electron chi connectivity index (χ2n) is 5.77. The van der Waals surface area contributed by atoms with Gasteiger partial charge in [0.25, 0.3) is 0 Å². The van der Waals surface area contributed by atoms with Gasteiger partial charge in [-0.05, 0) is 18.9 Å². The molecule has 1 fully saturated rings. The highest BCUT2D eigenvalue weighted by molar-refractivity contribution is 5.85. The second-order valence-corrected chi connectivity index (χ2v) is 5.77. The Morgan fingerprint density at radius 1 is 1.36 bits per heavy atom. The van der Waals surface area contributed by atoms with Crippen LogP contribution in [0.25, 0.3) is 0 Å². The van der Waals surface area contributed by atoms with E-state index < -0.39 is 11.4 Å². The van der Waals surface area contributed by atoms with Crippen molar-refractivity contribution in [3.05, 3.63) is 48.3 Å². The van der Waals surface area contributed by atoms with Gasteiger partial charge in [0.05, 0.1) is 5.41 Å². The monoisotopic (exact) mass is 305 g/mol. The topological polar surface area (TPSA) is 57.6 Å². The number of carbonyl (C=O) groups excluding carboxylic acids is 1. The molecule has 0 spiro atoms. The van der Waals surface area contributed by atoms with Gasteiger partial charge in [-0.3, -0.25) is 9.59 Å². The van der Waals surface area contributed by atoms with Crippen LogP contribution in [0.4, 0.5) is 4.39 Å². The standard InChI is InChI=1S/C17H20FNO3/c1-2-10-19(12-13-6-3-4-7-14(13)18)15(20)11-17(16(21)22)8-5-9-17/h2-4,6-7H,1,5,8-12H2,(H,21,22). The number of carboxylic acids is 1. The maximum Gasteiger partial charge on any atom is 0.310 e. The molecule has 4 nitrogen and oxygen atoms in total. The summed E-state index contributed by atoms with van der Waals surface area (Å²) in [6.45, 7) is 3.99. The van der Waals surface area contributed by atoms with Crippen LogP contribution in [0.3, 0.4) is 0 Å². The zero-order valence-corrected chi connectivity index (χ0v) is 12.4. The van der Waals surface area contributed by atoms with Crippen molar-refractivity contribution in [2.45, 2.75) is 32.2 Å². The molecule has 1 aliphatic rings. The van der Waals surface area contributed by atoms with Gasteiger partial charge in [-0.1, -0.05) is 30.7 Å². The van der Waals surface area contributed by atoms with E-state index in [1.807, 2.05) is 0 Å². The number of aliphatic carboxylic acids is 1. The molecule has 0 saturated heterocycles. The Bertz CT molecular complexity index is 581. The van der Waals surface area contributed by atoms with E-state index in [0.717, 1.165) is 6.42 Å². The molecule has 0 heterocycles. The number of amides is 1. The number of benzene rings is 1.